The normalized spacial score (nSPS) is 10.4. The Morgan fingerprint density at radius 1 is 0.840 bits per heavy atom. The van der Waals surface area contributed by atoms with E-state index in [2.05, 4.69) is 21.7 Å². The number of hydrogen-bond donors (Lipinski definition) is 5. The van der Waals surface area contributed by atoms with E-state index in [1.165, 1.54) is 28.2 Å². The zero-order chi connectivity index (χ0) is 19.0. The van der Waals surface area contributed by atoms with E-state index in [0.29, 0.717) is 0 Å². The van der Waals surface area contributed by atoms with E-state index in [4.69, 9.17) is 16.6 Å². The quantitative estimate of drug-likeness (QED) is 0.287. The summed E-state index contributed by atoms with van der Waals surface area (Å²) in [6.07, 6.45) is -0.373. The minimum Gasteiger partial charge on any atom is -0.666 e. The number of nitrogens with two attached hydrogens (primary N) is 1. The second kappa shape index (κ2) is 24.0. The van der Waals surface area contributed by atoms with E-state index in [9.17, 15) is 19.2 Å². The third-order valence-electron chi connectivity index (χ3n) is 2.20. The molecule has 0 fully saturated rings. The molecule has 2 radical (unpaired) electrons. The van der Waals surface area contributed by atoms with Crippen molar-refractivity contribution in [2.45, 2.75) is 24.9 Å². The van der Waals surface area contributed by atoms with Gasteiger partial charge in [0.15, 0.2) is 0 Å². The van der Waals surface area contributed by atoms with Gasteiger partial charge in [-0.3, -0.25) is 19.2 Å². The molecule has 0 aromatic heterocycles. The Balaban J connectivity index is -0.0000000905. The van der Waals surface area contributed by atoms with Gasteiger partial charge in [-0.25, -0.2) is 0 Å². The van der Waals surface area contributed by atoms with Gasteiger partial charge < -0.3 is 38.3 Å². The number of likely N-dealkylation sites (N-methyl/N-ethyl adjacent to an activating group) is 1. The maximum atomic E-state index is 10.7. The molecule has 0 aromatic carbocycles. The van der Waals surface area contributed by atoms with Crippen LogP contribution in [0.15, 0.2) is 0 Å². The van der Waals surface area contributed by atoms with Crippen molar-refractivity contribution in [1.29, 1.82) is 0 Å². The molecule has 3 amide bonds. The smallest absolute Gasteiger partial charge is 0.285 e. The van der Waals surface area contributed by atoms with Gasteiger partial charge in [0.1, 0.15) is 0 Å². The van der Waals surface area contributed by atoms with Crippen LogP contribution >= 0.6 is 0 Å². The van der Waals surface area contributed by atoms with Crippen molar-refractivity contribution < 1.29 is 89.7 Å². The molecule has 0 spiro atoms. The first-order chi connectivity index (χ1) is 10.7. The van der Waals surface area contributed by atoms with Crippen molar-refractivity contribution in [3.05, 3.63) is 11.5 Å². The van der Waals surface area contributed by atoms with Crippen LogP contribution in [-0.4, -0.2) is 69.1 Å². The molecule has 0 heterocycles. The monoisotopic (exact) mass is 512 g/mol. The second-order valence-corrected chi connectivity index (χ2v) is 3.81. The molecule has 142 valence electrons. The van der Waals surface area contributed by atoms with E-state index in [1.54, 1.807) is 0 Å². The van der Waals surface area contributed by atoms with Crippen LogP contribution in [0.3, 0.4) is 0 Å². The summed E-state index contributed by atoms with van der Waals surface area (Å²) in [5.74, 6) is -2.44. The Morgan fingerprint density at radius 2 is 1.16 bits per heavy atom. The molecule has 11 nitrogen and oxygen atoms in total. The first-order valence-electron chi connectivity index (χ1n) is 6.55. The molecule has 0 bridgehead atoms. The van der Waals surface area contributed by atoms with Gasteiger partial charge in [0.05, 0.1) is 0 Å². The predicted molar refractivity (Wildman–Crippen MR) is 85.4 cm³/mol. The van der Waals surface area contributed by atoms with Gasteiger partial charge in [0.2, 0.25) is 17.7 Å². The van der Waals surface area contributed by atoms with Crippen LogP contribution in [0.1, 0.15) is 12.8 Å². The fourth-order valence-electron chi connectivity index (χ4n) is 0.929. The summed E-state index contributed by atoms with van der Waals surface area (Å²) in [6, 6.07) is -2.35. The number of rotatable bonds is 6. The SMILES string of the molecule is CN.CNC(=O)CC([NH-])C(=O)NC.CNC(=O)CC([NH-])C(=O)O.[Y].[Y]. The Morgan fingerprint density at radius 3 is 1.40 bits per heavy atom. The average molecular weight is 512 g/mol. The Bertz CT molecular complexity index is 387. The van der Waals surface area contributed by atoms with Gasteiger partial charge in [-0.2, -0.15) is 0 Å². The van der Waals surface area contributed by atoms with Gasteiger partial charge >= 0.3 is 0 Å². The zero-order valence-corrected chi connectivity index (χ0v) is 20.6. The molecule has 0 aliphatic rings. The van der Waals surface area contributed by atoms with Gasteiger partial charge in [0.25, 0.3) is 5.97 Å². The zero-order valence-electron chi connectivity index (χ0n) is 14.9. The maximum absolute atomic E-state index is 10.7. The van der Waals surface area contributed by atoms with E-state index >= 15 is 0 Å². The van der Waals surface area contributed by atoms with Crippen LogP contribution in [0.4, 0.5) is 0 Å². The fourth-order valence-corrected chi connectivity index (χ4v) is 0.929. The van der Waals surface area contributed by atoms with Gasteiger partial charge in [-0.05, 0) is 19.1 Å². The minimum absolute atomic E-state index is 0. The maximum Gasteiger partial charge on any atom is 0.285 e. The summed E-state index contributed by atoms with van der Waals surface area (Å²) in [7, 11) is 5.81. The van der Waals surface area contributed by atoms with Gasteiger partial charge in [-0.1, -0.05) is 0 Å². The number of carbonyl (C=O) groups excluding carboxylic acids is 3. The molecular formula is C12H26N6O5Y2-2. The van der Waals surface area contributed by atoms with Crippen molar-refractivity contribution in [3.8, 4) is 0 Å². The van der Waals surface area contributed by atoms with Crippen LogP contribution in [0, 0.1) is 0 Å². The number of carboxylic acid groups (broad SMARTS) is 1. The molecule has 0 saturated carbocycles. The Labute approximate surface area is 198 Å². The topological polar surface area (TPSA) is 198 Å². The summed E-state index contributed by atoms with van der Waals surface area (Å²) < 4.78 is 0. The summed E-state index contributed by atoms with van der Waals surface area (Å²) >= 11 is 0. The van der Waals surface area contributed by atoms with Crippen LogP contribution in [0.5, 0.6) is 0 Å². The molecule has 0 aromatic rings. The van der Waals surface area contributed by atoms with Crippen LogP contribution in [0.25, 0.3) is 11.5 Å². The molecule has 0 saturated heterocycles. The van der Waals surface area contributed by atoms with Crippen LogP contribution < -0.4 is 21.7 Å². The number of aliphatic carboxylic acids is 1. The van der Waals surface area contributed by atoms with Crippen molar-refractivity contribution >= 4 is 23.7 Å². The number of nitrogens with one attached hydrogen (secondary N) is 5. The Hall–Kier alpha value is -0.0322. The number of carboxylic acids is 1. The summed E-state index contributed by atoms with van der Waals surface area (Å²) in [5, 5.41) is 15.0. The molecule has 0 aliphatic carbocycles. The van der Waals surface area contributed by atoms with Gasteiger partial charge in [-0.15, -0.1) is 0 Å². The third-order valence-corrected chi connectivity index (χ3v) is 2.20. The molecule has 0 rings (SSSR count). The molecule has 25 heavy (non-hydrogen) atoms. The number of amides is 3. The number of carbonyl (C=O) groups is 4. The van der Waals surface area contributed by atoms with Crippen LogP contribution in [0.2, 0.25) is 0 Å². The van der Waals surface area contributed by atoms with Crippen LogP contribution in [-0.2, 0) is 84.6 Å². The first-order valence-corrected chi connectivity index (χ1v) is 6.55. The molecule has 2 atom stereocenters. The molecule has 0 aliphatic heterocycles. The van der Waals surface area contributed by atoms with E-state index in [1.807, 2.05) is 0 Å². The summed E-state index contributed by atoms with van der Waals surface area (Å²) in [6.45, 7) is 0. The van der Waals surface area contributed by atoms with Crippen molar-refractivity contribution in [2.75, 3.05) is 28.2 Å². The van der Waals surface area contributed by atoms with Gasteiger partial charge in [0, 0.05) is 99.4 Å². The predicted octanol–water partition coefficient (Wildman–Crippen LogP) is -1.51. The third kappa shape index (κ3) is 24.0. The summed E-state index contributed by atoms with van der Waals surface area (Å²) in [5.41, 5.74) is 18.4. The van der Waals surface area contributed by atoms with E-state index in [-0.39, 0.29) is 84.2 Å². The molecule has 8 N–H and O–H groups in total. The van der Waals surface area contributed by atoms with Crippen molar-refractivity contribution in [2.24, 2.45) is 5.73 Å². The summed E-state index contributed by atoms with van der Waals surface area (Å²) in [4.78, 5) is 41.7. The first kappa shape index (κ1) is 36.0. The van der Waals surface area contributed by atoms with Crippen molar-refractivity contribution in [1.82, 2.24) is 16.0 Å². The van der Waals surface area contributed by atoms with E-state index < -0.39 is 29.9 Å². The fraction of sp³-hybridized carbons (Fsp3) is 0.667. The average Bonchev–Trinajstić information content (AvgIpc) is 2.55. The second-order valence-electron chi connectivity index (χ2n) is 3.81. The molecule has 2 unspecified atom stereocenters. The Kier molecular flexibility index (Phi) is 34.5. The van der Waals surface area contributed by atoms with Crippen molar-refractivity contribution in [3.63, 3.8) is 0 Å². The largest absolute Gasteiger partial charge is 0.666 e. The standard InChI is InChI=1S/C6H12N3O2.C5H9N2O3.CH5N.2Y/c1-8-5(10)3-4(7)6(11)9-2;1-7-4(8)2-3(6)5(9)10;1-2;;/h4,7H,3H2,1-2H3,(H,8,10)(H,9,11);3,6H,2H2,1H3,(H,7,8)(H,9,10);2H2,1H3;;/q2*-1;;;. The molecule has 13 heteroatoms. The van der Waals surface area contributed by atoms with E-state index in [0.717, 1.165) is 0 Å². The minimum atomic E-state index is -1.35. The number of hydrogen-bond acceptors (Lipinski definition) is 5. The molecular weight excluding hydrogens is 486 g/mol.